The van der Waals surface area contributed by atoms with Gasteiger partial charge in [0, 0.05) is 6.42 Å². The molecule has 0 aliphatic heterocycles. The fourth-order valence-electron chi connectivity index (χ4n) is 1.63. The lowest BCUT2D eigenvalue weighted by Crippen LogP contribution is -2.06. The molecule has 2 heteroatoms. The van der Waals surface area contributed by atoms with E-state index in [1.54, 1.807) is 0 Å². The van der Waals surface area contributed by atoms with Gasteiger partial charge in [-0.25, -0.2) is 0 Å². The summed E-state index contributed by atoms with van der Waals surface area (Å²) in [4.78, 5) is 11.1. The minimum absolute atomic E-state index is 0.148. The highest BCUT2D eigenvalue weighted by Gasteiger charge is 2.02. The summed E-state index contributed by atoms with van der Waals surface area (Å²) in [5, 5.41) is 11.0. The molecular weight excluding hydrogens is 188 g/mol. The second-order valence-electron chi connectivity index (χ2n) is 3.56. The van der Waals surface area contributed by atoms with E-state index >= 15 is 0 Å². The molecule has 0 radical (unpaired) electrons. The van der Waals surface area contributed by atoms with Gasteiger partial charge in [0.15, 0.2) is 5.78 Å². The second kappa shape index (κ2) is 4.24. The third kappa shape index (κ3) is 2.22. The predicted octanol–water partition coefficient (Wildman–Crippen LogP) is 1.94. The van der Waals surface area contributed by atoms with Crippen LogP contribution >= 0.6 is 0 Å². The minimum Gasteiger partial charge on any atom is -0.389 e. The van der Waals surface area contributed by atoms with E-state index in [0.717, 1.165) is 16.3 Å². The van der Waals surface area contributed by atoms with Gasteiger partial charge in [0.2, 0.25) is 0 Å². The van der Waals surface area contributed by atoms with Crippen LogP contribution in [-0.2, 0) is 11.2 Å². The molecule has 0 spiro atoms. The van der Waals surface area contributed by atoms with Crippen LogP contribution in [0.3, 0.4) is 0 Å². The average molecular weight is 200 g/mol. The standard InChI is InChI=1S/C13H12O2/c14-9-13(15)8-10-5-6-11-3-1-2-4-12(11)7-10/h1-7,14H,8-9H2. The topological polar surface area (TPSA) is 37.3 Å². The summed E-state index contributed by atoms with van der Waals surface area (Å²) in [5.74, 6) is -0.148. The van der Waals surface area contributed by atoms with Gasteiger partial charge in [-0.1, -0.05) is 42.5 Å². The van der Waals surface area contributed by atoms with Crippen molar-refractivity contribution < 1.29 is 9.90 Å². The maximum atomic E-state index is 11.1. The zero-order valence-corrected chi connectivity index (χ0v) is 8.31. The van der Waals surface area contributed by atoms with E-state index in [-0.39, 0.29) is 12.4 Å². The van der Waals surface area contributed by atoms with Gasteiger partial charge in [0.1, 0.15) is 6.61 Å². The molecule has 0 saturated carbocycles. The second-order valence-corrected chi connectivity index (χ2v) is 3.56. The lowest BCUT2D eigenvalue weighted by molar-refractivity contribution is -0.121. The molecule has 1 N–H and O–H groups in total. The van der Waals surface area contributed by atoms with Gasteiger partial charge in [-0.15, -0.1) is 0 Å². The number of carbonyl (C=O) groups is 1. The maximum absolute atomic E-state index is 11.1. The highest BCUT2D eigenvalue weighted by Crippen LogP contribution is 2.15. The first-order valence-corrected chi connectivity index (χ1v) is 4.90. The van der Waals surface area contributed by atoms with Crippen molar-refractivity contribution in [3.8, 4) is 0 Å². The molecule has 2 aromatic rings. The smallest absolute Gasteiger partial charge is 0.162 e. The van der Waals surface area contributed by atoms with Crippen molar-refractivity contribution in [2.24, 2.45) is 0 Å². The van der Waals surface area contributed by atoms with Crippen molar-refractivity contribution in [3.05, 3.63) is 48.0 Å². The first-order valence-electron chi connectivity index (χ1n) is 4.90. The van der Waals surface area contributed by atoms with E-state index < -0.39 is 0 Å². The van der Waals surface area contributed by atoms with Crippen molar-refractivity contribution in [1.29, 1.82) is 0 Å². The molecule has 0 aromatic heterocycles. The Bertz CT molecular complexity index is 489. The Labute approximate surface area is 88.2 Å². The molecular formula is C13H12O2. The number of ketones is 1. The number of aliphatic hydroxyl groups is 1. The molecule has 0 unspecified atom stereocenters. The molecule has 0 amide bonds. The zero-order chi connectivity index (χ0) is 10.7. The van der Waals surface area contributed by atoms with Crippen LogP contribution in [0.2, 0.25) is 0 Å². The van der Waals surface area contributed by atoms with Gasteiger partial charge in [0.25, 0.3) is 0 Å². The van der Waals surface area contributed by atoms with E-state index in [0.29, 0.717) is 6.42 Å². The Morgan fingerprint density at radius 2 is 1.80 bits per heavy atom. The summed E-state index contributed by atoms with van der Waals surface area (Å²) in [7, 11) is 0. The van der Waals surface area contributed by atoms with Crippen molar-refractivity contribution in [2.75, 3.05) is 6.61 Å². The average Bonchev–Trinajstić information content (AvgIpc) is 2.29. The summed E-state index contributed by atoms with van der Waals surface area (Å²) in [6.45, 7) is -0.382. The highest BCUT2D eigenvalue weighted by atomic mass is 16.3. The molecule has 0 bridgehead atoms. The van der Waals surface area contributed by atoms with Crippen molar-refractivity contribution in [1.82, 2.24) is 0 Å². The van der Waals surface area contributed by atoms with Crippen LogP contribution in [0.15, 0.2) is 42.5 Å². The van der Waals surface area contributed by atoms with Crippen LogP contribution < -0.4 is 0 Å². The number of rotatable bonds is 3. The summed E-state index contributed by atoms with van der Waals surface area (Å²) in [5.41, 5.74) is 0.952. The third-order valence-electron chi connectivity index (χ3n) is 2.39. The molecule has 0 fully saturated rings. The van der Waals surface area contributed by atoms with E-state index in [2.05, 4.69) is 0 Å². The van der Waals surface area contributed by atoms with Crippen molar-refractivity contribution in [3.63, 3.8) is 0 Å². The Kier molecular flexibility index (Phi) is 2.79. The van der Waals surface area contributed by atoms with Gasteiger partial charge in [-0.3, -0.25) is 4.79 Å². The van der Waals surface area contributed by atoms with E-state index in [9.17, 15) is 4.79 Å². The predicted molar refractivity (Wildman–Crippen MR) is 59.7 cm³/mol. The number of fused-ring (bicyclic) bond motifs is 1. The summed E-state index contributed by atoms with van der Waals surface area (Å²) < 4.78 is 0. The third-order valence-corrected chi connectivity index (χ3v) is 2.39. The molecule has 2 nitrogen and oxygen atoms in total. The van der Waals surface area contributed by atoms with Gasteiger partial charge >= 0.3 is 0 Å². The molecule has 0 aliphatic carbocycles. The number of hydrogen-bond donors (Lipinski definition) is 1. The lowest BCUT2D eigenvalue weighted by atomic mass is 10.0. The monoisotopic (exact) mass is 200 g/mol. The molecule has 15 heavy (non-hydrogen) atoms. The zero-order valence-electron chi connectivity index (χ0n) is 8.31. The number of aliphatic hydroxyl groups excluding tert-OH is 1. The number of Topliss-reactive ketones (excluding diaryl/α,β-unsaturated/α-hetero) is 1. The van der Waals surface area contributed by atoms with Crippen molar-refractivity contribution >= 4 is 16.6 Å². The molecule has 0 aliphatic rings. The Morgan fingerprint density at radius 3 is 2.53 bits per heavy atom. The highest BCUT2D eigenvalue weighted by molar-refractivity contribution is 5.86. The van der Waals surface area contributed by atoms with Crippen LogP contribution in [0, 0.1) is 0 Å². The Balaban J connectivity index is 2.34. The number of hydrogen-bond acceptors (Lipinski definition) is 2. The first-order chi connectivity index (χ1) is 7.29. The quantitative estimate of drug-likeness (QED) is 0.822. The van der Waals surface area contributed by atoms with Crippen molar-refractivity contribution in [2.45, 2.75) is 6.42 Å². The normalized spacial score (nSPS) is 10.5. The van der Waals surface area contributed by atoms with Gasteiger partial charge < -0.3 is 5.11 Å². The molecule has 76 valence electrons. The molecule has 0 saturated heterocycles. The van der Waals surface area contributed by atoms with Gasteiger partial charge in [-0.2, -0.15) is 0 Å². The summed E-state index contributed by atoms with van der Waals surface area (Å²) >= 11 is 0. The van der Waals surface area contributed by atoms with E-state index in [1.165, 1.54) is 0 Å². The SMILES string of the molecule is O=C(CO)Cc1ccc2ccccc2c1. The Morgan fingerprint density at radius 1 is 1.07 bits per heavy atom. The van der Waals surface area contributed by atoms with Crippen LogP contribution in [0.1, 0.15) is 5.56 Å². The molecule has 2 aromatic carbocycles. The molecule has 0 atom stereocenters. The molecule has 0 heterocycles. The summed E-state index contributed by atoms with van der Waals surface area (Å²) in [6.07, 6.45) is 0.307. The molecule has 2 rings (SSSR count). The number of carbonyl (C=O) groups excluding carboxylic acids is 1. The fraction of sp³-hybridized carbons (Fsp3) is 0.154. The van der Waals surface area contributed by atoms with Crippen LogP contribution in [0.25, 0.3) is 10.8 Å². The number of benzene rings is 2. The summed E-state index contributed by atoms with van der Waals surface area (Å²) in [6, 6.07) is 13.9. The fourth-order valence-corrected chi connectivity index (χ4v) is 1.63. The Hall–Kier alpha value is -1.67. The minimum atomic E-state index is -0.382. The first kappa shape index (κ1) is 9.87. The maximum Gasteiger partial charge on any atom is 0.162 e. The lowest BCUT2D eigenvalue weighted by Gasteiger charge is -2.01. The van der Waals surface area contributed by atoms with Crippen LogP contribution in [0.5, 0.6) is 0 Å². The van der Waals surface area contributed by atoms with Gasteiger partial charge in [0.05, 0.1) is 0 Å². The van der Waals surface area contributed by atoms with Crippen LogP contribution in [0.4, 0.5) is 0 Å². The van der Waals surface area contributed by atoms with Crippen LogP contribution in [-0.4, -0.2) is 17.5 Å². The van der Waals surface area contributed by atoms with E-state index in [4.69, 9.17) is 5.11 Å². The van der Waals surface area contributed by atoms with Gasteiger partial charge in [-0.05, 0) is 16.3 Å². The van der Waals surface area contributed by atoms with E-state index in [1.807, 2.05) is 42.5 Å². The largest absolute Gasteiger partial charge is 0.389 e.